The Labute approximate surface area is 236 Å². The smallest absolute Gasteiger partial charge is 0.363 e. The van der Waals surface area contributed by atoms with E-state index in [-0.39, 0.29) is 17.8 Å². The number of rotatable bonds is 7. The van der Waals surface area contributed by atoms with Gasteiger partial charge in [0.2, 0.25) is 0 Å². The number of carbonyl (C=O) groups excluding carboxylic acids is 1. The van der Waals surface area contributed by atoms with Crippen LogP contribution in [0, 0.1) is 0 Å². The minimum Gasteiger partial charge on any atom is -0.363 e. The second-order valence-corrected chi connectivity index (χ2v) is 10.5. The molecule has 0 aliphatic carbocycles. The zero-order chi connectivity index (χ0) is 28.5. The highest BCUT2D eigenvalue weighted by Gasteiger charge is 2.47. The molecule has 40 heavy (non-hydrogen) atoms. The summed E-state index contributed by atoms with van der Waals surface area (Å²) in [4.78, 5) is 13.8. The van der Waals surface area contributed by atoms with Crippen molar-refractivity contribution in [2.75, 3.05) is 5.32 Å². The van der Waals surface area contributed by atoms with Gasteiger partial charge in [-0.1, -0.05) is 86.1 Å². The summed E-state index contributed by atoms with van der Waals surface area (Å²) in [6.07, 6.45) is -2.37. The first-order valence-corrected chi connectivity index (χ1v) is 13.7. The maximum Gasteiger partial charge on any atom is 0.410 e. The Morgan fingerprint density at radius 3 is 2.35 bits per heavy atom. The number of aromatic nitrogens is 2. The third-order valence-electron chi connectivity index (χ3n) is 7.84. The summed E-state index contributed by atoms with van der Waals surface area (Å²) in [5.41, 5.74) is 2.91. The predicted molar refractivity (Wildman–Crippen MR) is 151 cm³/mol. The lowest BCUT2D eigenvalue weighted by Crippen LogP contribution is -2.45. The van der Waals surface area contributed by atoms with Crippen LogP contribution < -0.4 is 10.6 Å². The highest BCUT2D eigenvalue weighted by atomic mass is 35.5. The van der Waals surface area contributed by atoms with Crippen LogP contribution in [0.25, 0.3) is 11.1 Å². The van der Waals surface area contributed by atoms with E-state index in [9.17, 15) is 18.0 Å². The molecule has 9 heteroatoms. The van der Waals surface area contributed by atoms with Crippen LogP contribution in [0.5, 0.6) is 0 Å². The second-order valence-electron chi connectivity index (χ2n) is 10.1. The van der Waals surface area contributed by atoms with Crippen LogP contribution in [0.4, 0.5) is 19.0 Å². The number of carbonyl (C=O) groups is 1. The number of halogens is 4. The molecule has 1 aromatic heterocycles. The first kappa shape index (κ1) is 27.8. The SMILES string of the molecule is CCC(CC)(NC(=O)c1cnn2c1NC(c1ccccc1)CC2C(F)(F)F)c1cccc(-c2ccc(Cl)cc2)c1. The highest BCUT2D eigenvalue weighted by molar-refractivity contribution is 6.30. The van der Waals surface area contributed by atoms with Crippen LogP contribution in [0.2, 0.25) is 5.02 Å². The molecule has 0 radical (unpaired) electrons. The van der Waals surface area contributed by atoms with Crippen LogP contribution in [-0.2, 0) is 5.54 Å². The topological polar surface area (TPSA) is 59.0 Å². The summed E-state index contributed by atoms with van der Waals surface area (Å²) >= 11 is 6.06. The van der Waals surface area contributed by atoms with E-state index in [0.29, 0.717) is 23.4 Å². The van der Waals surface area contributed by atoms with E-state index in [4.69, 9.17) is 11.6 Å². The molecular weight excluding hydrogens is 537 g/mol. The minimum absolute atomic E-state index is 0.0657. The summed E-state index contributed by atoms with van der Waals surface area (Å²) in [5, 5.41) is 11.0. The van der Waals surface area contributed by atoms with Gasteiger partial charge in [0.1, 0.15) is 11.4 Å². The number of nitrogens with one attached hydrogen (secondary N) is 2. The van der Waals surface area contributed by atoms with Crippen molar-refractivity contribution in [1.82, 2.24) is 15.1 Å². The van der Waals surface area contributed by atoms with Crippen molar-refractivity contribution in [3.8, 4) is 11.1 Å². The van der Waals surface area contributed by atoms with Crippen molar-refractivity contribution in [1.29, 1.82) is 0 Å². The van der Waals surface area contributed by atoms with Crippen molar-refractivity contribution in [3.05, 3.63) is 107 Å². The van der Waals surface area contributed by atoms with Crippen LogP contribution in [0.1, 0.15) is 66.7 Å². The van der Waals surface area contributed by atoms with Crippen LogP contribution in [0.15, 0.2) is 85.1 Å². The number of hydrogen-bond acceptors (Lipinski definition) is 3. The van der Waals surface area contributed by atoms with Gasteiger partial charge in [0.15, 0.2) is 6.04 Å². The Morgan fingerprint density at radius 1 is 1.00 bits per heavy atom. The Bertz CT molecular complexity index is 1480. The Morgan fingerprint density at radius 2 is 1.70 bits per heavy atom. The largest absolute Gasteiger partial charge is 0.410 e. The number of anilines is 1. The Balaban J connectivity index is 1.49. The standard InChI is InChI=1S/C31H30ClF3N4O/c1-3-30(4-2,23-12-8-11-22(17-23)20-13-15-24(32)16-14-20)38-29(40)25-19-36-39-27(31(33,34)35)18-26(37-28(25)39)21-9-6-5-7-10-21/h5-17,19,26-27,37H,3-4,18H2,1-2H3,(H,38,40). The molecule has 2 heterocycles. The molecule has 1 aliphatic rings. The molecule has 0 saturated carbocycles. The molecule has 1 amide bonds. The average Bonchev–Trinajstić information content (AvgIpc) is 3.40. The predicted octanol–water partition coefficient (Wildman–Crippen LogP) is 8.31. The lowest BCUT2D eigenvalue weighted by atomic mass is 9.83. The number of nitrogens with zero attached hydrogens (tertiary/aromatic N) is 2. The molecule has 2 unspecified atom stereocenters. The molecule has 4 aromatic rings. The molecule has 3 aromatic carbocycles. The fourth-order valence-corrected chi connectivity index (χ4v) is 5.59. The fraction of sp³-hybridized carbons (Fsp3) is 0.290. The van der Waals surface area contributed by atoms with Gasteiger partial charge in [0.05, 0.1) is 17.8 Å². The number of benzene rings is 3. The van der Waals surface area contributed by atoms with Gasteiger partial charge in [0.25, 0.3) is 5.91 Å². The van der Waals surface area contributed by atoms with Crippen molar-refractivity contribution in [2.45, 2.75) is 56.9 Å². The number of hydrogen-bond donors (Lipinski definition) is 2. The van der Waals surface area contributed by atoms with Crippen LogP contribution in [0.3, 0.4) is 0 Å². The van der Waals surface area contributed by atoms with Crippen LogP contribution in [-0.4, -0.2) is 21.9 Å². The van der Waals surface area contributed by atoms with E-state index in [1.807, 2.05) is 68.4 Å². The molecule has 5 rings (SSSR count). The average molecular weight is 567 g/mol. The summed E-state index contributed by atoms with van der Waals surface area (Å²) in [5.74, 6) is -0.417. The summed E-state index contributed by atoms with van der Waals surface area (Å²) in [7, 11) is 0. The van der Waals surface area contributed by atoms with Gasteiger partial charge in [-0.2, -0.15) is 18.3 Å². The summed E-state index contributed by atoms with van der Waals surface area (Å²) < 4.78 is 43.3. The quantitative estimate of drug-likeness (QED) is 0.236. The summed E-state index contributed by atoms with van der Waals surface area (Å²) in [6.45, 7) is 3.96. The van der Waals surface area contributed by atoms with Crippen molar-refractivity contribution >= 4 is 23.3 Å². The third-order valence-corrected chi connectivity index (χ3v) is 8.09. The van der Waals surface area contributed by atoms with Crippen molar-refractivity contribution in [2.24, 2.45) is 0 Å². The van der Waals surface area contributed by atoms with E-state index < -0.39 is 29.7 Å². The van der Waals surface area contributed by atoms with E-state index in [2.05, 4.69) is 15.7 Å². The molecule has 0 bridgehead atoms. The van der Waals surface area contributed by atoms with Gasteiger partial charge < -0.3 is 10.6 Å². The third kappa shape index (κ3) is 5.32. The second kappa shape index (κ2) is 11.0. The van der Waals surface area contributed by atoms with Gasteiger partial charge in [-0.3, -0.25) is 4.79 Å². The molecule has 2 N–H and O–H groups in total. The Hall–Kier alpha value is -3.78. The van der Waals surface area contributed by atoms with Gasteiger partial charge in [-0.25, -0.2) is 4.68 Å². The molecule has 1 aliphatic heterocycles. The molecule has 0 fully saturated rings. The monoisotopic (exact) mass is 566 g/mol. The van der Waals surface area contributed by atoms with Gasteiger partial charge >= 0.3 is 6.18 Å². The maximum absolute atomic E-state index is 14.1. The minimum atomic E-state index is -4.53. The van der Waals surface area contributed by atoms with Gasteiger partial charge in [0, 0.05) is 11.4 Å². The highest BCUT2D eigenvalue weighted by Crippen LogP contribution is 2.44. The molecular formula is C31H30ClF3N4O. The van der Waals surface area contributed by atoms with E-state index in [1.165, 1.54) is 6.20 Å². The molecule has 5 nitrogen and oxygen atoms in total. The first-order chi connectivity index (χ1) is 19.1. The zero-order valence-corrected chi connectivity index (χ0v) is 22.9. The first-order valence-electron chi connectivity index (χ1n) is 13.3. The molecule has 0 saturated heterocycles. The van der Waals surface area contributed by atoms with Gasteiger partial charge in [-0.15, -0.1) is 0 Å². The number of fused-ring (bicyclic) bond motifs is 1. The van der Waals surface area contributed by atoms with Crippen LogP contribution >= 0.6 is 11.6 Å². The van der Waals surface area contributed by atoms with E-state index >= 15 is 0 Å². The Kier molecular flexibility index (Phi) is 7.64. The molecule has 2 atom stereocenters. The normalized spacial score (nSPS) is 17.1. The zero-order valence-electron chi connectivity index (χ0n) is 22.2. The lowest BCUT2D eigenvalue weighted by molar-refractivity contribution is -0.173. The lowest BCUT2D eigenvalue weighted by Gasteiger charge is -2.35. The van der Waals surface area contributed by atoms with Gasteiger partial charge in [-0.05, 0) is 53.3 Å². The van der Waals surface area contributed by atoms with Crippen molar-refractivity contribution in [3.63, 3.8) is 0 Å². The molecule has 208 valence electrons. The van der Waals surface area contributed by atoms with E-state index in [1.54, 1.807) is 24.3 Å². The number of alkyl halides is 3. The molecule has 0 spiro atoms. The summed E-state index contributed by atoms with van der Waals surface area (Å²) in [6, 6.07) is 21.9. The van der Waals surface area contributed by atoms with E-state index in [0.717, 1.165) is 21.4 Å². The maximum atomic E-state index is 14.1. The van der Waals surface area contributed by atoms with Crippen molar-refractivity contribution < 1.29 is 18.0 Å². The number of amides is 1. The fourth-order valence-electron chi connectivity index (χ4n) is 5.46.